The molecule has 0 saturated carbocycles. The normalized spacial score (nSPS) is 10.4. The number of aryl methyl sites for hydroxylation is 1. The minimum atomic E-state index is -0.651. The number of hydrogen-bond donors (Lipinski definition) is 2. The maximum absolute atomic E-state index is 11.9. The predicted octanol–water partition coefficient (Wildman–Crippen LogP) is 1.74. The summed E-state index contributed by atoms with van der Waals surface area (Å²) in [5.41, 5.74) is -0.197. The van der Waals surface area contributed by atoms with Crippen LogP contribution in [0, 0.1) is 27.2 Å². The summed E-state index contributed by atoms with van der Waals surface area (Å²) in [6, 6.07) is 3.25. The number of aromatic hydroxyl groups is 1. The Kier molecular flexibility index (Phi) is 4.73. The molecule has 0 aliphatic heterocycles. The van der Waals surface area contributed by atoms with Crippen LogP contribution in [0.3, 0.4) is 0 Å². The van der Waals surface area contributed by atoms with Gasteiger partial charge in [-0.15, -0.1) is 0 Å². The molecule has 1 heterocycles. The average Bonchev–Trinajstić information content (AvgIpc) is 2.88. The molecule has 0 unspecified atom stereocenters. The number of hydrogen-bond acceptors (Lipinski definition) is 7. The number of non-ortho nitro benzene ring substituents is 1. The standard InChI is InChI=1S/C13H13N5O6/c1-8-11(18(23)24)7-14-16(8)5-4-13(20)15-10-6-9(17(21)22)2-3-12(10)19/h2-3,6-7,19H,4-5H2,1H3,(H,15,20). The Balaban J connectivity index is 2.03. The van der Waals surface area contributed by atoms with Crippen molar-refractivity contribution in [3.63, 3.8) is 0 Å². The quantitative estimate of drug-likeness (QED) is 0.463. The number of carbonyl (C=O) groups is 1. The summed E-state index contributed by atoms with van der Waals surface area (Å²) in [6.07, 6.45) is 1.02. The summed E-state index contributed by atoms with van der Waals surface area (Å²) in [5.74, 6) is -0.830. The van der Waals surface area contributed by atoms with E-state index in [-0.39, 0.29) is 35.8 Å². The first kappa shape index (κ1) is 16.9. The number of phenolic OH excluding ortho intramolecular Hbond substituents is 1. The molecule has 0 aliphatic carbocycles. The lowest BCUT2D eigenvalue weighted by Crippen LogP contribution is -2.15. The number of benzene rings is 1. The molecule has 0 aliphatic rings. The third-order valence-electron chi connectivity index (χ3n) is 3.29. The minimum Gasteiger partial charge on any atom is -0.506 e. The second kappa shape index (κ2) is 6.73. The molecule has 0 spiro atoms. The Hall–Kier alpha value is -3.50. The molecular formula is C13H13N5O6. The first-order valence-corrected chi connectivity index (χ1v) is 6.73. The fraction of sp³-hybridized carbons (Fsp3) is 0.231. The van der Waals surface area contributed by atoms with E-state index in [1.54, 1.807) is 0 Å². The molecule has 0 atom stereocenters. The van der Waals surface area contributed by atoms with Gasteiger partial charge < -0.3 is 10.4 Å². The van der Waals surface area contributed by atoms with E-state index < -0.39 is 15.8 Å². The Morgan fingerprint density at radius 1 is 1.33 bits per heavy atom. The molecule has 126 valence electrons. The van der Waals surface area contributed by atoms with Crippen molar-refractivity contribution in [2.75, 3.05) is 5.32 Å². The summed E-state index contributed by atoms with van der Waals surface area (Å²) in [5, 5.41) is 37.2. The zero-order valence-corrected chi connectivity index (χ0v) is 12.5. The monoisotopic (exact) mass is 335 g/mol. The van der Waals surface area contributed by atoms with Crippen LogP contribution in [0.25, 0.3) is 0 Å². The first-order valence-electron chi connectivity index (χ1n) is 6.73. The van der Waals surface area contributed by atoms with E-state index in [1.807, 2.05) is 0 Å². The summed E-state index contributed by atoms with van der Waals surface area (Å²) in [6.45, 7) is 1.59. The molecule has 1 aromatic heterocycles. The van der Waals surface area contributed by atoms with E-state index in [0.29, 0.717) is 5.69 Å². The van der Waals surface area contributed by atoms with E-state index in [0.717, 1.165) is 24.4 Å². The number of nitro groups is 2. The van der Waals surface area contributed by atoms with Gasteiger partial charge in [-0.3, -0.25) is 29.7 Å². The van der Waals surface area contributed by atoms with Crippen LogP contribution in [-0.4, -0.2) is 30.6 Å². The number of aromatic nitrogens is 2. The molecule has 1 amide bonds. The van der Waals surface area contributed by atoms with Gasteiger partial charge in [0.05, 0.1) is 22.1 Å². The molecule has 0 saturated heterocycles. The molecule has 11 nitrogen and oxygen atoms in total. The van der Waals surface area contributed by atoms with E-state index in [2.05, 4.69) is 10.4 Å². The van der Waals surface area contributed by atoms with Crippen molar-refractivity contribution in [3.05, 3.63) is 50.3 Å². The lowest BCUT2D eigenvalue weighted by Gasteiger charge is -2.08. The van der Waals surface area contributed by atoms with Crippen molar-refractivity contribution in [2.24, 2.45) is 0 Å². The van der Waals surface area contributed by atoms with Crippen molar-refractivity contribution in [3.8, 4) is 5.75 Å². The number of nitro benzene ring substituents is 1. The van der Waals surface area contributed by atoms with Gasteiger partial charge in [0, 0.05) is 18.6 Å². The van der Waals surface area contributed by atoms with Crippen LogP contribution in [-0.2, 0) is 11.3 Å². The third kappa shape index (κ3) is 3.63. The Morgan fingerprint density at radius 3 is 2.62 bits per heavy atom. The van der Waals surface area contributed by atoms with Gasteiger partial charge >= 0.3 is 5.69 Å². The van der Waals surface area contributed by atoms with Gasteiger partial charge in [-0.05, 0) is 13.0 Å². The largest absolute Gasteiger partial charge is 0.506 e. The molecule has 0 radical (unpaired) electrons. The molecule has 2 aromatic rings. The Bertz CT molecular complexity index is 815. The molecule has 2 N–H and O–H groups in total. The van der Waals surface area contributed by atoms with Crippen molar-refractivity contribution in [2.45, 2.75) is 19.9 Å². The zero-order chi connectivity index (χ0) is 17.9. The third-order valence-corrected chi connectivity index (χ3v) is 3.29. The van der Waals surface area contributed by atoms with E-state index in [1.165, 1.54) is 11.6 Å². The molecule has 11 heteroatoms. The van der Waals surface area contributed by atoms with Crippen molar-refractivity contribution < 1.29 is 19.7 Å². The molecule has 2 rings (SSSR count). The molecular weight excluding hydrogens is 322 g/mol. The van der Waals surface area contributed by atoms with Gasteiger partial charge in [0.25, 0.3) is 5.69 Å². The van der Waals surface area contributed by atoms with Crippen LogP contribution in [0.4, 0.5) is 17.1 Å². The zero-order valence-electron chi connectivity index (χ0n) is 12.5. The highest BCUT2D eigenvalue weighted by Gasteiger charge is 2.17. The van der Waals surface area contributed by atoms with Crippen LogP contribution < -0.4 is 5.32 Å². The van der Waals surface area contributed by atoms with Gasteiger partial charge in [0.15, 0.2) is 0 Å². The smallest absolute Gasteiger partial charge is 0.309 e. The Morgan fingerprint density at radius 2 is 2.04 bits per heavy atom. The number of rotatable bonds is 6. The Labute approximate surface area is 134 Å². The number of amides is 1. The highest BCUT2D eigenvalue weighted by molar-refractivity contribution is 5.92. The van der Waals surface area contributed by atoms with Crippen LogP contribution in [0.15, 0.2) is 24.4 Å². The highest BCUT2D eigenvalue weighted by Crippen LogP contribution is 2.28. The van der Waals surface area contributed by atoms with Crippen LogP contribution in [0.1, 0.15) is 12.1 Å². The SMILES string of the molecule is Cc1c([N+](=O)[O-])cnn1CCC(=O)Nc1cc([N+](=O)[O-])ccc1O. The molecule has 1 aromatic carbocycles. The van der Waals surface area contributed by atoms with Crippen molar-refractivity contribution in [1.29, 1.82) is 0 Å². The number of nitrogens with one attached hydrogen (secondary N) is 1. The van der Waals surface area contributed by atoms with E-state index in [4.69, 9.17) is 0 Å². The minimum absolute atomic E-state index is 0.0815. The summed E-state index contributed by atoms with van der Waals surface area (Å²) >= 11 is 0. The molecule has 0 bridgehead atoms. The second-order valence-corrected chi connectivity index (χ2v) is 4.85. The maximum Gasteiger partial charge on any atom is 0.309 e. The summed E-state index contributed by atoms with van der Waals surface area (Å²) in [4.78, 5) is 32.1. The van der Waals surface area contributed by atoms with Gasteiger partial charge in [-0.1, -0.05) is 0 Å². The second-order valence-electron chi connectivity index (χ2n) is 4.85. The van der Waals surface area contributed by atoms with Crippen molar-refractivity contribution >= 4 is 23.0 Å². The van der Waals surface area contributed by atoms with Crippen LogP contribution in [0.2, 0.25) is 0 Å². The van der Waals surface area contributed by atoms with Gasteiger partial charge in [-0.2, -0.15) is 5.10 Å². The lowest BCUT2D eigenvalue weighted by molar-refractivity contribution is -0.385. The fourth-order valence-corrected chi connectivity index (χ4v) is 2.00. The van der Waals surface area contributed by atoms with Gasteiger partial charge in [0.1, 0.15) is 17.6 Å². The molecule has 24 heavy (non-hydrogen) atoms. The van der Waals surface area contributed by atoms with Crippen molar-refractivity contribution in [1.82, 2.24) is 9.78 Å². The van der Waals surface area contributed by atoms with Crippen LogP contribution in [0.5, 0.6) is 5.75 Å². The van der Waals surface area contributed by atoms with E-state index in [9.17, 15) is 30.1 Å². The number of phenols is 1. The number of carbonyl (C=O) groups excluding carboxylic acids is 1. The fourth-order valence-electron chi connectivity index (χ4n) is 2.00. The topological polar surface area (TPSA) is 153 Å². The average molecular weight is 335 g/mol. The summed E-state index contributed by atoms with van der Waals surface area (Å²) < 4.78 is 1.31. The van der Waals surface area contributed by atoms with Gasteiger partial charge in [0.2, 0.25) is 5.91 Å². The number of anilines is 1. The molecule has 0 fully saturated rings. The first-order chi connectivity index (χ1) is 11.3. The number of nitrogens with zero attached hydrogens (tertiary/aromatic N) is 4. The lowest BCUT2D eigenvalue weighted by atomic mass is 10.2. The predicted molar refractivity (Wildman–Crippen MR) is 81.6 cm³/mol. The maximum atomic E-state index is 11.9. The highest BCUT2D eigenvalue weighted by atomic mass is 16.6. The summed E-state index contributed by atoms with van der Waals surface area (Å²) in [7, 11) is 0. The van der Waals surface area contributed by atoms with E-state index >= 15 is 0 Å². The van der Waals surface area contributed by atoms with Gasteiger partial charge in [-0.25, -0.2) is 0 Å². The van der Waals surface area contributed by atoms with Crippen LogP contribution >= 0.6 is 0 Å².